The van der Waals surface area contributed by atoms with Gasteiger partial charge < -0.3 is 4.90 Å². The number of para-hydroxylation sites is 1. The van der Waals surface area contributed by atoms with Crippen LogP contribution in [0.1, 0.15) is 25.3 Å². The molecule has 0 radical (unpaired) electrons. The fourth-order valence-corrected chi connectivity index (χ4v) is 2.39. The first-order valence-corrected chi connectivity index (χ1v) is 8.09. The number of nitrogens with zero attached hydrogens (tertiary/aromatic N) is 1. The third-order valence-corrected chi connectivity index (χ3v) is 3.72. The van der Waals surface area contributed by atoms with Crippen molar-refractivity contribution < 1.29 is 0 Å². The van der Waals surface area contributed by atoms with Gasteiger partial charge in [0.15, 0.2) is 0 Å². The highest BCUT2D eigenvalue weighted by Gasteiger charge is 2.08. The molecular weight excluding hydrogens is 278 g/mol. The number of benzene rings is 2. The number of hydrogen-bond donors (Lipinski definition) is 0. The standard InChI is InChI=1S/C22H25N/c1-4-5-6-7-11-18-23(21-12-9-8-10-13-21)22-16-14-20(15-17-22)19(2)3/h4-17,19H,1,18H2,2-3H3/b6-5-,11-7-. The van der Waals surface area contributed by atoms with Crippen molar-refractivity contribution in [3.8, 4) is 0 Å². The molecule has 0 atom stereocenters. The van der Waals surface area contributed by atoms with Crippen molar-refractivity contribution in [2.45, 2.75) is 19.8 Å². The van der Waals surface area contributed by atoms with Gasteiger partial charge in [-0.3, -0.25) is 0 Å². The van der Waals surface area contributed by atoms with Crippen LogP contribution >= 0.6 is 0 Å². The Balaban J connectivity index is 2.24. The van der Waals surface area contributed by atoms with Crippen molar-refractivity contribution in [1.82, 2.24) is 0 Å². The minimum absolute atomic E-state index is 0.554. The SMILES string of the molecule is C=C/C=C\C=C/CN(c1ccccc1)c1ccc(C(C)C)cc1. The molecule has 0 unspecified atom stereocenters. The van der Waals surface area contributed by atoms with Crippen molar-refractivity contribution in [3.63, 3.8) is 0 Å². The molecule has 0 saturated carbocycles. The van der Waals surface area contributed by atoms with Crippen LogP contribution in [0.25, 0.3) is 0 Å². The van der Waals surface area contributed by atoms with Gasteiger partial charge in [-0.1, -0.05) is 81.1 Å². The molecule has 0 bridgehead atoms. The van der Waals surface area contributed by atoms with Crippen LogP contribution in [0.4, 0.5) is 11.4 Å². The summed E-state index contributed by atoms with van der Waals surface area (Å²) in [5.41, 5.74) is 3.77. The zero-order chi connectivity index (χ0) is 16.5. The molecular formula is C22H25N. The number of rotatable bonds is 7. The van der Waals surface area contributed by atoms with Gasteiger partial charge in [-0.25, -0.2) is 0 Å². The lowest BCUT2D eigenvalue weighted by Gasteiger charge is -2.24. The Morgan fingerprint density at radius 1 is 0.870 bits per heavy atom. The van der Waals surface area contributed by atoms with Gasteiger partial charge in [0, 0.05) is 17.9 Å². The molecule has 2 aromatic carbocycles. The minimum atomic E-state index is 0.554. The highest BCUT2D eigenvalue weighted by Crippen LogP contribution is 2.26. The predicted molar refractivity (Wildman–Crippen MR) is 102 cm³/mol. The van der Waals surface area contributed by atoms with Crippen molar-refractivity contribution in [1.29, 1.82) is 0 Å². The van der Waals surface area contributed by atoms with Crippen LogP contribution in [0.5, 0.6) is 0 Å². The lowest BCUT2D eigenvalue weighted by Crippen LogP contribution is -2.16. The normalized spacial score (nSPS) is 11.4. The fraction of sp³-hybridized carbons (Fsp3) is 0.182. The van der Waals surface area contributed by atoms with E-state index in [9.17, 15) is 0 Å². The van der Waals surface area contributed by atoms with E-state index in [1.807, 2.05) is 18.2 Å². The van der Waals surface area contributed by atoms with Crippen LogP contribution in [-0.4, -0.2) is 6.54 Å². The third-order valence-electron chi connectivity index (χ3n) is 3.72. The first kappa shape index (κ1) is 16.8. The summed E-state index contributed by atoms with van der Waals surface area (Å²) in [4.78, 5) is 2.31. The first-order valence-electron chi connectivity index (χ1n) is 8.09. The molecule has 1 heteroatoms. The second kappa shape index (κ2) is 8.79. The summed E-state index contributed by atoms with van der Waals surface area (Å²) in [7, 11) is 0. The van der Waals surface area contributed by atoms with E-state index < -0.39 is 0 Å². The van der Waals surface area contributed by atoms with Crippen molar-refractivity contribution in [2.24, 2.45) is 0 Å². The minimum Gasteiger partial charge on any atom is -0.338 e. The monoisotopic (exact) mass is 303 g/mol. The Labute approximate surface area is 140 Å². The Bertz CT molecular complexity index is 648. The van der Waals surface area contributed by atoms with E-state index in [1.54, 1.807) is 6.08 Å². The van der Waals surface area contributed by atoms with Crippen LogP contribution in [0, 0.1) is 0 Å². The van der Waals surface area contributed by atoms with Crippen LogP contribution < -0.4 is 4.90 Å². The highest BCUT2D eigenvalue weighted by molar-refractivity contribution is 5.64. The smallest absolute Gasteiger partial charge is 0.0415 e. The Morgan fingerprint density at radius 2 is 1.52 bits per heavy atom. The summed E-state index contributed by atoms with van der Waals surface area (Å²) >= 11 is 0. The van der Waals surface area contributed by atoms with Crippen LogP contribution in [-0.2, 0) is 0 Å². The third kappa shape index (κ3) is 5.00. The largest absolute Gasteiger partial charge is 0.338 e. The lowest BCUT2D eigenvalue weighted by molar-refractivity contribution is 0.866. The van der Waals surface area contributed by atoms with Gasteiger partial charge in [0.25, 0.3) is 0 Å². The van der Waals surface area contributed by atoms with E-state index in [0.29, 0.717) is 5.92 Å². The fourth-order valence-electron chi connectivity index (χ4n) is 2.39. The molecule has 0 aliphatic rings. The van der Waals surface area contributed by atoms with Crippen molar-refractivity contribution >= 4 is 11.4 Å². The molecule has 0 aliphatic carbocycles. The zero-order valence-electron chi connectivity index (χ0n) is 14.0. The Hall–Kier alpha value is -2.54. The highest BCUT2D eigenvalue weighted by atomic mass is 15.1. The van der Waals surface area contributed by atoms with E-state index in [2.05, 4.69) is 86.0 Å². The summed E-state index contributed by atoms with van der Waals surface area (Å²) < 4.78 is 0. The van der Waals surface area contributed by atoms with E-state index in [0.717, 1.165) is 6.54 Å². The topological polar surface area (TPSA) is 3.24 Å². The van der Waals surface area contributed by atoms with E-state index in [-0.39, 0.29) is 0 Å². The second-order valence-electron chi connectivity index (χ2n) is 5.74. The molecule has 0 heterocycles. The maximum absolute atomic E-state index is 3.68. The molecule has 118 valence electrons. The van der Waals surface area contributed by atoms with Gasteiger partial charge in [0.1, 0.15) is 0 Å². The average molecular weight is 303 g/mol. The molecule has 0 saturated heterocycles. The van der Waals surface area contributed by atoms with Gasteiger partial charge in [-0.05, 0) is 35.7 Å². The Kier molecular flexibility index (Phi) is 6.43. The molecule has 0 aromatic heterocycles. The molecule has 1 nitrogen and oxygen atoms in total. The molecule has 0 fully saturated rings. The van der Waals surface area contributed by atoms with Crippen LogP contribution in [0.15, 0.2) is 91.6 Å². The van der Waals surface area contributed by atoms with Gasteiger partial charge >= 0.3 is 0 Å². The first-order chi connectivity index (χ1) is 11.2. The van der Waals surface area contributed by atoms with Crippen LogP contribution in [0.2, 0.25) is 0 Å². The van der Waals surface area contributed by atoms with E-state index in [1.165, 1.54) is 16.9 Å². The van der Waals surface area contributed by atoms with Gasteiger partial charge in [0.2, 0.25) is 0 Å². The number of anilines is 2. The molecule has 0 spiro atoms. The summed E-state index contributed by atoms with van der Waals surface area (Å²) in [6.45, 7) is 8.95. The average Bonchev–Trinajstić information content (AvgIpc) is 2.59. The maximum atomic E-state index is 3.68. The number of allylic oxidation sites excluding steroid dienone is 4. The molecule has 0 N–H and O–H groups in total. The molecule has 2 rings (SSSR count). The van der Waals surface area contributed by atoms with E-state index in [4.69, 9.17) is 0 Å². The maximum Gasteiger partial charge on any atom is 0.0415 e. The molecule has 23 heavy (non-hydrogen) atoms. The quantitative estimate of drug-likeness (QED) is 0.547. The van der Waals surface area contributed by atoms with Gasteiger partial charge in [0.05, 0.1) is 0 Å². The molecule has 2 aromatic rings. The van der Waals surface area contributed by atoms with Crippen molar-refractivity contribution in [2.75, 3.05) is 11.4 Å². The lowest BCUT2D eigenvalue weighted by atomic mass is 10.0. The summed E-state index contributed by atoms with van der Waals surface area (Å²) in [6, 6.07) is 19.3. The summed E-state index contributed by atoms with van der Waals surface area (Å²) in [5, 5.41) is 0. The van der Waals surface area contributed by atoms with Crippen molar-refractivity contribution in [3.05, 3.63) is 97.1 Å². The zero-order valence-corrected chi connectivity index (χ0v) is 14.0. The summed E-state index contributed by atoms with van der Waals surface area (Å²) in [5.74, 6) is 0.554. The van der Waals surface area contributed by atoms with E-state index >= 15 is 0 Å². The summed E-state index contributed by atoms with van der Waals surface area (Å²) in [6.07, 6.45) is 9.92. The Morgan fingerprint density at radius 3 is 2.13 bits per heavy atom. The van der Waals surface area contributed by atoms with Crippen LogP contribution in [0.3, 0.4) is 0 Å². The molecule has 0 aliphatic heterocycles. The van der Waals surface area contributed by atoms with Gasteiger partial charge in [-0.15, -0.1) is 0 Å². The molecule has 0 amide bonds. The second-order valence-corrected chi connectivity index (χ2v) is 5.74. The number of hydrogen-bond acceptors (Lipinski definition) is 1. The van der Waals surface area contributed by atoms with Gasteiger partial charge in [-0.2, -0.15) is 0 Å². The predicted octanol–water partition coefficient (Wildman–Crippen LogP) is 6.25.